The second-order valence-corrected chi connectivity index (χ2v) is 5.01. The Morgan fingerprint density at radius 1 is 1.45 bits per heavy atom. The summed E-state index contributed by atoms with van der Waals surface area (Å²) in [5.41, 5.74) is 6.02. The van der Waals surface area contributed by atoms with E-state index >= 15 is 0 Å². The van der Waals surface area contributed by atoms with Gasteiger partial charge in [-0.3, -0.25) is 0 Å². The molecule has 0 radical (unpaired) electrons. The summed E-state index contributed by atoms with van der Waals surface area (Å²) in [6, 6.07) is 3.36. The smallest absolute Gasteiger partial charge is 0.406 e. The van der Waals surface area contributed by atoms with Crippen LogP contribution in [0.15, 0.2) is 32.1 Å². The Morgan fingerprint density at radius 3 is 2.95 bits per heavy atom. The third-order valence-corrected chi connectivity index (χ3v) is 2.76. The molecule has 0 aliphatic rings. The Labute approximate surface area is 113 Å². The van der Waals surface area contributed by atoms with Crippen molar-refractivity contribution < 1.29 is 8.94 Å². The molecular weight excluding hydrogens is 262 g/mol. The van der Waals surface area contributed by atoms with Gasteiger partial charge in [0.25, 0.3) is 0 Å². The van der Waals surface area contributed by atoms with Gasteiger partial charge in [0.15, 0.2) is 17.1 Å². The summed E-state index contributed by atoms with van der Waals surface area (Å²) < 4.78 is 11.5. The van der Waals surface area contributed by atoms with Crippen LogP contribution in [0.2, 0.25) is 0 Å². The first-order valence-corrected chi connectivity index (χ1v) is 6.01. The van der Waals surface area contributed by atoms with Gasteiger partial charge in [0.05, 0.1) is 5.54 Å². The second kappa shape index (κ2) is 4.27. The van der Waals surface area contributed by atoms with Crippen LogP contribution >= 0.6 is 0 Å². The van der Waals surface area contributed by atoms with Gasteiger partial charge < -0.3 is 14.7 Å². The topological polar surface area (TPSA) is 113 Å². The van der Waals surface area contributed by atoms with Gasteiger partial charge in [0, 0.05) is 6.20 Å². The van der Waals surface area contributed by atoms with Crippen molar-refractivity contribution in [2.24, 2.45) is 5.73 Å². The molecule has 3 aromatic rings. The summed E-state index contributed by atoms with van der Waals surface area (Å²) in [6.07, 6.45) is 1.58. The van der Waals surface area contributed by atoms with E-state index in [1.165, 1.54) is 4.57 Å². The van der Waals surface area contributed by atoms with Gasteiger partial charge in [-0.15, -0.1) is 0 Å². The van der Waals surface area contributed by atoms with E-state index in [4.69, 9.17) is 14.7 Å². The SMILES string of the molecule is CC(C)(N)c1noc(Cn2c(=O)oc3cccnc32)n1. The maximum absolute atomic E-state index is 11.8. The normalized spacial score (nSPS) is 12.2. The van der Waals surface area contributed by atoms with Crippen LogP contribution in [0.5, 0.6) is 0 Å². The quantitative estimate of drug-likeness (QED) is 0.745. The number of nitrogens with zero attached hydrogens (tertiary/aromatic N) is 4. The zero-order valence-electron chi connectivity index (χ0n) is 11.0. The molecule has 20 heavy (non-hydrogen) atoms. The Bertz CT molecular complexity index is 808. The van der Waals surface area contributed by atoms with Gasteiger partial charge in [-0.05, 0) is 26.0 Å². The first-order chi connectivity index (χ1) is 9.45. The summed E-state index contributed by atoms with van der Waals surface area (Å²) >= 11 is 0. The zero-order valence-corrected chi connectivity index (χ0v) is 11.0. The number of nitrogens with two attached hydrogens (primary N) is 1. The van der Waals surface area contributed by atoms with E-state index in [2.05, 4.69) is 15.1 Å². The summed E-state index contributed by atoms with van der Waals surface area (Å²) in [4.78, 5) is 20.1. The minimum Gasteiger partial charge on any atom is -0.406 e. The van der Waals surface area contributed by atoms with Crippen LogP contribution in [0.3, 0.4) is 0 Å². The maximum atomic E-state index is 11.8. The number of fused-ring (bicyclic) bond motifs is 1. The number of hydrogen-bond acceptors (Lipinski definition) is 7. The Kier molecular flexibility index (Phi) is 2.68. The molecule has 0 aliphatic carbocycles. The monoisotopic (exact) mass is 275 g/mol. The Hall–Kier alpha value is -2.48. The van der Waals surface area contributed by atoms with Crippen LogP contribution in [-0.2, 0) is 12.1 Å². The van der Waals surface area contributed by atoms with Crippen molar-refractivity contribution in [1.29, 1.82) is 0 Å². The van der Waals surface area contributed by atoms with Crippen molar-refractivity contribution in [1.82, 2.24) is 19.7 Å². The molecule has 0 fully saturated rings. The highest BCUT2D eigenvalue weighted by Crippen LogP contribution is 2.14. The lowest BCUT2D eigenvalue weighted by Crippen LogP contribution is -2.30. The number of hydrogen-bond donors (Lipinski definition) is 1. The van der Waals surface area contributed by atoms with Crippen LogP contribution in [0.25, 0.3) is 11.2 Å². The summed E-state index contributed by atoms with van der Waals surface area (Å²) in [5, 5.41) is 3.80. The molecule has 3 rings (SSSR count). The van der Waals surface area contributed by atoms with Crippen molar-refractivity contribution in [3.63, 3.8) is 0 Å². The molecule has 8 nitrogen and oxygen atoms in total. The zero-order chi connectivity index (χ0) is 14.3. The molecule has 8 heteroatoms. The number of oxazole rings is 1. The van der Waals surface area contributed by atoms with Gasteiger partial charge in [0.2, 0.25) is 5.89 Å². The summed E-state index contributed by atoms with van der Waals surface area (Å²) in [6.45, 7) is 3.62. The van der Waals surface area contributed by atoms with Crippen molar-refractivity contribution in [3.8, 4) is 0 Å². The molecule has 104 valence electrons. The van der Waals surface area contributed by atoms with Crippen LogP contribution < -0.4 is 11.5 Å². The highest BCUT2D eigenvalue weighted by molar-refractivity contribution is 5.67. The maximum Gasteiger partial charge on any atom is 0.421 e. The molecule has 0 unspecified atom stereocenters. The van der Waals surface area contributed by atoms with E-state index in [1.54, 1.807) is 32.2 Å². The Balaban J connectivity index is 1.99. The van der Waals surface area contributed by atoms with Crippen LogP contribution in [0.4, 0.5) is 0 Å². The van der Waals surface area contributed by atoms with E-state index in [1.807, 2.05) is 0 Å². The lowest BCUT2D eigenvalue weighted by molar-refractivity contribution is 0.352. The lowest BCUT2D eigenvalue weighted by atomic mass is 10.1. The first-order valence-electron chi connectivity index (χ1n) is 6.01. The molecule has 0 saturated heterocycles. The average Bonchev–Trinajstić information content (AvgIpc) is 2.95. The fourth-order valence-corrected chi connectivity index (χ4v) is 1.76. The van der Waals surface area contributed by atoms with E-state index in [0.717, 1.165) is 0 Å². The summed E-state index contributed by atoms with van der Waals surface area (Å²) in [5.74, 6) is 0.126. The molecule has 0 bridgehead atoms. The molecule has 0 aromatic carbocycles. The molecule has 0 spiro atoms. The van der Waals surface area contributed by atoms with Crippen molar-refractivity contribution in [2.75, 3.05) is 0 Å². The molecule has 0 atom stereocenters. The molecule has 3 aromatic heterocycles. The fraction of sp³-hybridized carbons (Fsp3) is 0.333. The van der Waals surface area contributed by atoms with Crippen LogP contribution in [0.1, 0.15) is 25.6 Å². The largest absolute Gasteiger partial charge is 0.421 e. The molecule has 0 saturated carbocycles. The third kappa shape index (κ3) is 2.10. The molecule has 0 amide bonds. The van der Waals surface area contributed by atoms with E-state index in [-0.39, 0.29) is 12.4 Å². The van der Waals surface area contributed by atoms with Crippen molar-refractivity contribution in [3.05, 3.63) is 40.6 Å². The number of rotatable bonds is 3. The molecular formula is C12H13N5O3. The van der Waals surface area contributed by atoms with Crippen LogP contribution in [-0.4, -0.2) is 19.7 Å². The van der Waals surface area contributed by atoms with Gasteiger partial charge in [-0.2, -0.15) is 4.98 Å². The minimum atomic E-state index is -0.705. The van der Waals surface area contributed by atoms with Gasteiger partial charge in [-0.1, -0.05) is 5.16 Å². The molecule has 2 N–H and O–H groups in total. The van der Waals surface area contributed by atoms with Crippen molar-refractivity contribution in [2.45, 2.75) is 25.9 Å². The molecule has 3 heterocycles. The Morgan fingerprint density at radius 2 is 2.25 bits per heavy atom. The number of pyridine rings is 1. The van der Waals surface area contributed by atoms with E-state index in [9.17, 15) is 4.79 Å². The standard InChI is InChI=1S/C12H13N5O3/c1-12(2,13)10-15-8(20-16-10)6-17-9-7(19-11(17)18)4-3-5-14-9/h3-5H,6,13H2,1-2H3. The summed E-state index contributed by atoms with van der Waals surface area (Å²) in [7, 11) is 0. The van der Waals surface area contributed by atoms with E-state index in [0.29, 0.717) is 17.1 Å². The minimum absolute atomic E-state index is 0.0892. The molecule has 0 aliphatic heterocycles. The highest BCUT2D eigenvalue weighted by Gasteiger charge is 2.22. The first kappa shape index (κ1) is 12.5. The highest BCUT2D eigenvalue weighted by atomic mass is 16.5. The number of aromatic nitrogens is 4. The van der Waals surface area contributed by atoms with Crippen LogP contribution in [0, 0.1) is 0 Å². The second-order valence-electron chi connectivity index (χ2n) is 5.01. The van der Waals surface area contributed by atoms with Gasteiger partial charge in [-0.25, -0.2) is 14.3 Å². The fourth-order valence-electron chi connectivity index (χ4n) is 1.76. The van der Waals surface area contributed by atoms with Gasteiger partial charge >= 0.3 is 5.76 Å². The predicted molar refractivity (Wildman–Crippen MR) is 68.9 cm³/mol. The lowest BCUT2D eigenvalue weighted by Gasteiger charge is -2.11. The third-order valence-electron chi connectivity index (χ3n) is 2.76. The van der Waals surface area contributed by atoms with E-state index < -0.39 is 11.3 Å². The van der Waals surface area contributed by atoms with Crippen molar-refractivity contribution >= 4 is 11.2 Å². The predicted octanol–water partition coefficient (Wildman–Crippen LogP) is 0.615. The average molecular weight is 275 g/mol. The van der Waals surface area contributed by atoms with Gasteiger partial charge in [0.1, 0.15) is 6.54 Å².